The van der Waals surface area contributed by atoms with Gasteiger partial charge in [-0.25, -0.2) is 0 Å². The van der Waals surface area contributed by atoms with Crippen molar-refractivity contribution in [3.8, 4) is 0 Å². The average Bonchev–Trinajstić information content (AvgIpc) is 1.67. The monoisotopic (exact) mass is 149 g/mol. The molecule has 0 rings (SSSR count). The first-order valence-electron chi connectivity index (χ1n) is 2.87. The highest BCUT2D eigenvalue weighted by Gasteiger charge is 2.17. The normalized spacial score (nSPS) is 12.4. The zero-order valence-corrected chi connectivity index (χ0v) is 8.90. The molecule has 0 bridgehead atoms. The van der Waals surface area contributed by atoms with E-state index >= 15 is 0 Å². The van der Waals surface area contributed by atoms with Crippen LogP contribution in [-0.2, 0) is 4.12 Å². The predicted molar refractivity (Wildman–Crippen MR) is 42.4 cm³/mol. The molecule has 0 aliphatic heterocycles. The molecule has 0 heterocycles. The molecule has 50 valence electrons. The van der Waals surface area contributed by atoms with Crippen LogP contribution in [0.25, 0.3) is 0 Å². The third-order valence-corrected chi connectivity index (χ3v) is 7.21. The molecule has 0 fully saturated rings. The van der Waals surface area contributed by atoms with Gasteiger partial charge in [-0.1, -0.05) is 0 Å². The first-order chi connectivity index (χ1) is 3.62. The maximum absolute atomic E-state index is 5.38. The van der Waals surface area contributed by atoms with E-state index in [9.17, 15) is 0 Å². The molecule has 0 radical (unpaired) electrons. The summed E-state index contributed by atoms with van der Waals surface area (Å²) >= 11 is 0. The summed E-state index contributed by atoms with van der Waals surface area (Å²) in [5.41, 5.74) is 5.36. The molecule has 2 N–H and O–H groups in total. The summed E-state index contributed by atoms with van der Waals surface area (Å²) in [6.45, 7) is 5.18. The van der Waals surface area contributed by atoms with Gasteiger partial charge in [0.15, 0.2) is 8.32 Å². The van der Waals surface area contributed by atoms with Gasteiger partial charge in [0.2, 0.25) is 0 Å². The fraction of sp³-hybridized carbons (Fsp3) is 1.00. The molecule has 2 nitrogen and oxygen atoms in total. The molecule has 0 aliphatic rings. The van der Waals surface area contributed by atoms with Crippen molar-refractivity contribution < 1.29 is 4.12 Å². The second-order valence-electron chi connectivity index (χ2n) is 2.50. The van der Waals surface area contributed by atoms with Crippen LogP contribution in [-0.4, -0.2) is 25.3 Å². The topological polar surface area (TPSA) is 35.2 Å². The molecule has 0 saturated heterocycles. The molecule has 0 aromatic heterocycles. The molecule has 8 heavy (non-hydrogen) atoms. The van der Waals surface area contributed by atoms with Gasteiger partial charge in [-0.05, 0) is 25.7 Å². The average molecular weight is 149 g/mol. The first kappa shape index (κ1) is 8.35. The smallest absolute Gasteiger partial charge is 0.173 e. The molecule has 0 amide bonds. The lowest BCUT2D eigenvalue weighted by Crippen LogP contribution is -2.31. The standard InChI is InChI=1S/C4H15NOSi2/c1-8(2,6-7)4-3-5/h3-5H2,1-2,7H3. The van der Waals surface area contributed by atoms with Crippen LogP contribution in [0.15, 0.2) is 0 Å². The van der Waals surface area contributed by atoms with Gasteiger partial charge in [-0.15, -0.1) is 0 Å². The van der Waals surface area contributed by atoms with Crippen LogP contribution in [0.4, 0.5) is 0 Å². The first-order valence-corrected chi connectivity index (χ1v) is 6.81. The van der Waals surface area contributed by atoms with Crippen molar-refractivity contribution in [3.63, 3.8) is 0 Å². The summed E-state index contributed by atoms with van der Waals surface area (Å²) in [6, 6.07) is 1.09. The van der Waals surface area contributed by atoms with Gasteiger partial charge in [0.05, 0.1) is 0 Å². The summed E-state index contributed by atoms with van der Waals surface area (Å²) in [7, 11) is -0.373. The minimum absolute atomic E-state index is 0.779. The quantitative estimate of drug-likeness (QED) is 0.546. The molecule has 4 heteroatoms. The third kappa shape index (κ3) is 3.37. The zero-order chi connectivity index (χ0) is 6.62. The number of nitrogens with two attached hydrogens (primary N) is 1. The molecule has 0 spiro atoms. The second kappa shape index (κ2) is 3.39. The van der Waals surface area contributed by atoms with E-state index in [0.717, 1.165) is 23.1 Å². The van der Waals surface area contributed by atoms with E-state index in [1.807, 2.05) is 0 Å². The van der Waals surface area contributed by atoms with Gasteiger partial charge in [0.1, 0.15) is 10.5 Å². The van der Waals surface area contributed by atoms with Crippen molar-refractivity contribution in [2.24, 2.45) is 5.73 Å². The van der Waals surface area contributed by atoms with E-state index in [1.54, 1.807) is 0 Å². The Morgan fingerprint density at radius 3 is 2.25 bits per heavy atom. The minimum atomic E-state index is -1.24. The van der Waals surface area contributed by atoms with Crippen LogP contribution < -0.4 is 5.73 Å². The van der Waals surface area contributed by atoms with Gasteiger partial charge in [-0.3, -0.25) is 0 Å². The zero-order valence-electron chi connectivity index (χ0n) is 5.90. The number of hydrogen-bond acceptors (Lipinski definition) is 2. The molecule has 0 saturated carbocycles. The Hall–Kier alpha value is 0.354. The van der Waals surface area contributed by atoms with E-state index in [2.05, 4.69) is 13.1 Å². The van der Waals surface area contributed by atoms with Gasteiger partial charge >= 0.3 is 0 Å². The van der Waals surface area contributed by atoms with Crippen LogP contribution >= 0.6 is 0 Å². The van der Waals surface area contributed by atoms with Crippen molar-refractivity contribution in [2.45, 2.75) is 19.1 Å². The predicted octanol–water partition coefficient (Wildman–Crippen LogP) is -0.553. The Morgan fingerprint density at radius 1 is 1.62 bits per heavy atom. The highest BCUT2D eigenvalue weighted by Crippen LogP contribution is 2.05. The molecular formula is C4H15NOSi2. The molecule has 0 unspecified atom stereocenters. The van der Waals surface area contributed by atoms with Crippen LogP contribution in [0.2, 0.25) is 19.1 Å². The summed E-state index contributed by atoms with van der Waals surface area (Å²) in [6.07, 6.45) is 0. The Labute approximate surface area is 55.1 Å². The van der Waals surface area contributed by atoms with E-state index in [-0.39, 0.29) is 0 Å². The van der Waals surface area contributed by atoms with E-state index < -0.39 is 8.32 Å². The fourth-order valence-corrected chi connectivity index (χ4v) is 1.96. The summed E-state index contributed by atoms with van der Waals surface area (Å²) in [4.78, 5) is 0. The van der Waals surface area contributed by atoms with E-state index in [4.69, 9.17) is 9.85 Å². The lowest BCUT2D eigenvalue weighted by Gasteiger charge is -2.18. The Bertz CT molecular complexity index is 67.1. The molecule has 0 aliphatic carbocycles. The molecule has 0 aromatic rings. The van der Waals surface area contributed by atoms with Gasteiger partial charge in [0.25, 0.3) is 0 Å². The van der Waals surface area contributed by atoms with E-state index in [0.29, 0.717) is 0 Å². The molecule has 0 atom stereocenters. The lowest BCUT2D eigenvalue weighted by atomic mass is 10.8. The van der Waals surface area contributed by atoms with Crippen molar-refractivity contribution in [1.29, 1.82) is 0 Å². The number of rotatable bonds is 3. The van der Waals surface area contributed by atoms with Crippen LogP contribution in [0.1, 0.15) is 0 Å². The summed E-state index contributed by atoms with van der Waals surface area (Å²) in [5.74, 6) is 0. The highest BCUT2D eigenvalue weighted by atomic mass is 28.4. The van der Waals surface area contributed by atoms with Crippen LogP contribution in [0, 0.1) is 0 Å². The Morgan fingerprint density at radius 2 is 2.12 bits per heavy atom. The number of hydrogen-bond donors (Lipinski definition) is 1. The van der Waals surface area contributed by atoms with Gasteiger partial charge in [0, 0.05) is 0 Å². The summed E-state index contributed by atoms with van der Waals surface area (Å²) in [5, 5.41) is 0. The van der Waals surface area contributed by atoms with Crippen molar-refractivity contribution >= 4 is 18.8 Å². The Balaban J connectivity index is 3.37. The largest absolute Gasteiger partial charge is 0.463 e. The van der Waals surface area contributed by atoms with Crippen molar-refractivity contribution in [2.75, 3.05) is 6.54 Å². The second-order valence-corrected chi connectivity index (χ2v) is 8.15. The third-order valence-electron chi connectivity index (χ3n) is 1.30. The van der Waals surface area contributed by atoms with Crippen LogP contribution in [0.3, 0.4) is 0 Å². The van der Waals surface area contributed by atoms with Crippen molar-refractivity contribution in [3.05, 3.63) is 0 Å². The van der Waals surface area contributed by atoms with Crippen LogP contribution in [0.5, 0.6) is 0 Å². The lowest BCUT2D eigenvalue weighted by molar-refractivity contribution is 0.606. The maximum Gasteiger partial charge on any atom is 0.173 e. The van der Waals surface area contributed by atoms with Gasteiger partial charge < -0.3 is 9.85 Å². The molecular weight excluding hydrogens is 134 g/mol. The SMILES string of the molecule is C[Si](C)(CCN)O[SiH3]. The fourth-order valence-electron chi connectivity index (χ4n) is 0.450. The highest BCUT2D eigenvalue weighted by molar-refractivity contribution is 6.73. The Kier molecular flexibility index (Phi) is 3.54. The van der Waals surface area contributed by atoms with E-state index in [1.165, 1.54) is 0 Å². The van der Waals surface area contributed by atoms with Gasteiger partial charge in [-0.2, -0.15) is 0 Å². The van der Waals surface area contributed by atoms with Crippen molar-refractivity contribution in [1.82, 2.24) is 0 Å². The maximum atomic E-state index is 5.38. The minimum Gasteiger partial charge on any atom is -0.463 e. The molecule has 0 aromatic carbocycles. The summed E-state index contributed by atoms with van der Waals surface area (Å²) < 4.78 is 5.38.